The molecule has 17 heavy (non-hydrogen) atoms. The minimum Gasteiger partial charge on any atom is -0.346 e. The Morgan fingerprint density at radius 2 is 1.94 bits per heavy atom. The van der Waals surface area contributed by atoms with Gasteiger partial charge in [-0.2, -0.15) is 0 Å². The van der Waals surface area contributed by atoms with Crippen LogP contribution in [0, 0.1) is 11.6 Å². The molecular weight excluding hydrogens is 254 g/mol. The van der Waals surface area contributed by atoms with Gasteiger partial charge in [0, 0.05) is 6.07 Å². The second-order valence-electron chi connectivity index (χ2n) is 3.08. The first-order valence-electron chi connectivity index (χ1n) is 4.60. The van der Waals surface area contributed by atoms with Crippen LogP contribution in [0.5, 0.6) is 0 Å². The quantitative estimate of drug-likeness (QED) is 0.803. The smallest absolute Gasteiger partial charge is 0.243 e. The number of nitrogens with one attached hydrogen (secondary N) is 2. The van der Waals surface area contributed by atoms with E-state index < -0.39 is 23.4 Å². The van der Waals surface area contributed by atoms with Gasteiger partial charge in [0.15, 0.2) is 0 Å². The maximum absolute atomic E-state index is 13.1. The maximum atomic E-state index is 13.1. The first kappa shape index (κ1) is 13.4. The van der Waals surface area contributed by atoms with E-state index in [0.29, 0.717) is 0 Å². The Bertz CT molecular complexity index is 440. The van der Waals surface area contributed by atoms with Gasteiger partial charge >= 0.3 is 0 Å². The van der Waals surface area contributed by atoms with Crippen molar-refractivity contribution in [1.29, 1.82) is 0 Å². The summed E-state index contributed by atoms with van der Waals surface area (Å²) in [5.74, 6) is -2.91. The highest BCUT2D eigenvalue weighted by Gasteiger charge is 2.09. The van der Waals surface area contributed by atoms with Crippen LogP contribution in [-0.4, -0.2) is 24.2 Å². The van der Waals surface area contributed by atoms with Gasteiger partial charge in [-0.1, -0.05) is 0 Å². The van der Waals surface area contributed by atoms with Gasteiger partial charge < -0.3 is 10.6 Å². The summed E-state index contributed by atoms with van der Waals surface area (Å²) in [4.78, 5) is 22.0. The predicted molar refractivity (Wildman–Crippen MR) is 58.7 cm³/mol. The normalized spacial score (nSPS) is 9.82. The fourth-order valence-electron chi connectivity index (χ4n) is 1.01. The van der Waals surface area contributed by atoms with Crippen molar-refractivity contribution in [2.24, 2.45) is 0 Å². The molecule has 0 unspecified atom stereocenters. The van der Waals surface area contributed by atoms with Crippen molar-refractivity contribution in [2.45, 2.75) is 0 Å². The molecule has 0 aromatic heterocycles. The molecule has 0 fully saturated rings. The molecule has 0 radical (unpaired) electrons. The number of rotatable bonds is 4. The number of benzene rings is 1. The van der Waals surface area contributed by atoms with Gasteiger partial charge in [-0.3, -0.25) is 9.59 Å². The summed E-state index contributed by atoms with van der Waals surface area (Å²) >= 11 is 5.19. The third-order valence-corrected chi connectivity index (χ3v) is 2.01. The topological polar surface area (TPSA) is 58.2 Å². The van der Waals surface area contributed by atoms with Crippen LogP contribution in [0.3, 0.4) is 0 Å². The highest BCUT2D eigenvalue weighted by atomic mass is 35.5. The minimum atomic E-state index is -0.761. The van der Waals surface area contributed by atoms with E-state index in [4.69, 9.17) is 11.6 Å². The first-order valence-corrected chi connectivity index (χ1v) is 5.14. The number of hydrogen-bond acceptors (Lipinski definition) is 2. The molecule has 2 amide bonds. The number of carbonyl (C=O) groups excluding carboxylic acids is 2. The van der Waals surface area contributed by atoms with Crippen LogP contribution in [0.15, 0.2) is 18.2 Å². The molecule has 0 bridgehead atoms. The number of anilines is 1. The lowest BCUT2D eigenvalue weighted by Crippen LogP contribution is -2.33. The molecule has 1 aromatic carbocycles. The Hall–Kier alpha value is -1.69. The van der Waals surface area contributed by atoms with Crippen LogP contribution >= 0.6 is 11.6 Å². The fraction of sp³-hybridized carbons (Fsp3) is 0.200. The van der Waals surface area contributed by atoms with Gasteiger partial charge in [0.05, 0.1) is 12.2 Å². The van der Waals surface area contributed by atoms with Crippen molar-refractivity contribution >= 4 is 29.1 Å². The molecule has 92 valence electrons. The van der Waals surface area contributed by atoms with E-state index in [1.54, 1.807) is 0 Å². The average Bonchev–Trinajstić information content (AvgIpc) is 2.30. The van der Waals surface area contributed by atoms with E-state index in [1.807, 2.05) is 0 Å². The molecule has 0 aliphatic rings. The molecule has 7 heteroatoms. The second kappa shape index (κ2) is 6.15. The molecule has 1 rings (SSSR count). The highest BCUT2D eigenvalue weighted by Crippen LogP contribution is 2.14. The zero-order valence-corrected chi connectivity index (χ0v) is 9.35. The Labute approximate surface area is 101 Å². The highest BCUT2D eigenvalue weighted by molar-refractivity contribution is 6.27. The summed E-state index contributed by atoms with van der Waals surface area (Å²) in [5.41, 5.74) is -0.282. The summed E-state index contributed by atoms with van der Waals surface area (Å²) in [6.45, 7) is -0.360. The Morgan fingerprint density at radius 3 is 2.59 bits per heavy atom. The van der Waals surface area contributed by atoms with E-state index in [9.17, 15) is 18.4 Å². The van der Waals surface area contributed by atoms with Crippen LogP contribution in [0.1, 0.15) is 0 Å². The van der Waals surface area contributed by atoms with Crippen LogP contribution in [0.4, 0.5) is 14.5 Å². The second-order valence-corrected chi connectivity index (χ2v) is 3.35. The summed E-state index contributed by atoms with van der Waals surface area (Å²) in [6, 6.07) is 2.67. The number of amides is 2. The number of hydrogen-bond donors (Lipinski definition) is 2. The Kier molecular flexibility index (Phi) is 4.84. The summed E-state index contributed by atoms with van der Waals surface area (Å²) in [5, 5.41) is 4.31. The summed E-state index contributed by atoms with van der Waals surface area (Å²) < 4.78 is 25.9. The number of halogens is 3. The van der Waals surface area contributed by atoms with Crippen molar-refractivity contribution in [1.82, 2.24) is 5.32 Å². The van der Waals surface area contributed by atoms with Crippen molar-refractivity contribution < 1.29 is 18.4 Å². The van der Waals surface area contributed by atoms with E-state index in [0.717, 1.165) is 18.2 Å². The summed E-state index contributed by atoms with van der Waals surface area (Å²) in [7, 11) is 0. The third-order valence-electron chi connectivity index (χ3n) is 1.77. The third kappa shape index (κ3) is 4.36. The van der Waals surface area contributed by atoms with Gasteiger partial charge in [-0.15, -0.1) is 11.6 Å². The van der Waals surface area contributed by atoms with E-state index in [-0.39, 0.29) is 18.1 Å². The van der Waals surface area contributed by atoms with E-state index in [1.165, 1.54) is 0 Å². The molecule has 0 heterocycles. The van der Waals surface area contributed by atoms with Crippen molar-refractivity contribution in [3.05, 3.63) is 29.8 Å². The zero-order valence-electron chi connectivity index (χ0n) is 8.60. The summed E-state index contributed by atoms with van der Waals surface area (Å²) in [6.07, 6.45) is 0. The van der Waals surface area contributed by atoms with Crippen molar-refractivity contribution in [2.75, 3.05) is 17.7 Å². The van der Waals surface area contributed by atoms with Crippen LogP contribution in [0.25, 0.3) is 0 Å². The fourth-order valence-corrected chi connectivity index (χ4v) is 1.11. The first-order chi connectivity index (χ1) is 8.02. The molecule has 0 atom stereocenters. The number of carbonyl (C=O) groups is 2. The molecule has 0 saturated heterocycles. The van der Waals surface area contributed by atoms with Gasteiger partial charge in [-0.25, -0.2) is 8.78 Å². The number of alkyl halides is 1. The molecular formula is C10H9ClF2N2O2. The Balaban J connectivity index is 2.56. The molecule has 0 spiro atoms. The lowest BCUT2D eigenvalue weighted by Gasteiger charge is -2.06. The lowest BCUT2D eigenvalue weighted by atomic mass is 10.3. The van der Waals surface area contributed by atoms with Gasteiger partial charge in [0.25, 0.3) is 0 Å². The SMILES string of the molecule is O=C(CCl)NCC(=O)Nc1cc(F)ccc1F. The van der Waals surface area contributed by atoms with Crippen molar-refractivity contribution in [3.63, 3.8) is 0 Å². The lowest BCUT2D eigenvalue weighted by molar-refractivity contribution is -0.122. The predicted octanol–water partition coefficient (Wildman–Crippen LogP) is 1.26. The van der Waals surface area contributed by atoms with E-state index in [2.05, 4.69) is 10.6 Å². The molecule has 4 nitrogen and oxygen atoms in total. The monoisotopic (exact) mass is 262 g/mol. The molecule has 0 aliphatic carbocycles. The zero-order chi connectivity index (χ0) is 12.8. The minimum absolute atomic E-state index is 0.276. The molecule has 0 saturated carbocycles. The largest absolute Gasteiger partial charge is 0.346 e. The van der Waals surface area contributed by atoms with Crippen molar-refractivity contribution in [3.8, 4) is 0 Å². The molecule has 2 N–H and O–H groups in total. The maximum Gasteiger partial charge on any atom is 0.243 e. The van der Waals surface area contributed by atoms with Crippen LogP contribution < -0.4 is 10.6 Å². The van der Waals surface area contributed by atoms with E-state index >= 15 is 0 Å². The standard InChI is InChI=1S/C10H9ClF2N2O2/c11-4-9(16)14-5-10(17)15-8-3-6(12)1-2-7(8)13/h1-3H,4-5H2,(H,14,16)(H,15,17). The van der Waals surface area contributed by atoms with Crippen LogP contribution in [0.2, 0.25) is 0 Å². The molecule has 1 aromatic rings. The van der Waals surface area contributed by atoms with Crippen LogP contribution in [-0.2, 0) is 9.59 Å². The van der Waals surface area contributed by atoms with Gasteiger partial charge in [0.1, 0.15) is 17.5 Å². The van der Waals surface area contributed by atoms with Gasteiger partial charge in [-0.05, 0) is 12.1 Å². The average molecular weight is 263 g/mol. The Morgan fingerprint density at radius 1 is 1.24 bits per heavy atom. The molecule has 0 aliphatic heterocycles. The van der Waals surface area contributed by atoms with Gasteiger partial charge in [0.2, 0.25) is 11.8 Å².